The van der Waals surface area contributed by atoms with Crippen molar-refractivity contribution in [3.63, 3.8) is 0 Å². The van der Waals surface area contributed by atoms with Crippen LogP contribution in [0.1, 0.15) is 17.8 Å². The Balaban J connectivity index is 1.32. The Morgan fingerprint density at radius 3 is 2.88 bits per heavy atom. The zero-order chi connectivity index (χ0) is 22.1. The first-order valence-electron chi connectivity index (χ1n) is 10.3. The second-order valence-corrected chi connectivity index (χ2v) is 7.65. The van der Waals surface area contributed by atoms with Crippen LogP contribution in [0, 0.1) is 0 Å². The lowest BCUT2D eigenvalue weighted by atomic mass is 9.96. The Morgan fingerprint density at radius 1 is 1.19 bits per heavy atom. The summed E-state index contributed by atoms with van der Waals surface area (Å²) in [6.07, 6.45) is 5.23. The van der Waals surface area contributed by atoms with Gasteiger partial charge < -0.3 is 24.2 Å². The Bertz CT molecular complexity index is 1300. The Kier molecular flexibility index (Phi) is 5.36. The maximum atomic E-state index is 15.1. The van der Waals surface area contributed by atoms with Gasteiger partial charge in [0, 0.05) is 24.4 Å². The molecule has 1 aromatic carbocycles. The van der Waals surface area contributed by atoms with E-state index >= 15 is 4.39 Å². The summed E-state index contributed by atoms with van der Waals surface area (Å²) in [5.74, 6) is 1.72. The van der Waals surface area contributed by atoms with Crippen molar-refractivity contribution in [2.24, 2.45) is 0 Å². The van der Waals surface area contributed by atoms with Gasteiger partial charge >= 0.3 is 0 Å². The number of pyridine rings is 1. The topological polar surface area (TPSA) is 85.1 Å². The summed E-state index contributed by atoms with van der Waals surface area (Å²) in [7, 11) is 3.17. The summed E-state index contributed by atoms with van der Waals surface area (Å²) in [5, 5.41) is 0.903. The molecule has 0 fully saturated rings. The van der Waals surface area contributed by atoms with Crippen molar-refractivity contribution < 1.29 is 18.6 Å². The van der Waals surface area contributed by atoms with E-state index < -0.39 is 6.10 Å². The SMILES string of the molecule is COC1=CC(Cc2c[nH]c3ncc(OC)cc23)=C(F)CC1OCc1nc2ccccc2[nH]1. The molecule has 0 amide bonds. The summed E-state index contributed by atoms with van der Waals surface area (Å²) in [4.78, 5) is 15.2. The van der Waals surface area contributed by atoms with Crippen LogP contribution in [0.3, 0.4) is 0 Å². The van der Waals surface area contributed by atoms with Gasteiger partial charge in [-0.3, -0.25) is 0 Å². The van der Waals surface area contributed by atoms with Gasteiger partial charge in [-0.15, -0.1) is 0 Å². The normalized spacial score (nSPS) is 16.6. The molecule has 7 nitrogen and oxygen atoms in total. The minimum absolute atomic E-state index is 0.110. The van der Waals surface area contributed by atoms with E-state index in [2.05, 4.69) is 19.9 Å². The van der Waals surface area contributed by atoms with Crippen LogP contribution in [0.15, 0.2) is 66.0 Å². The van der Waals surface area contributed by atoms with Gasteiger partial charge in [-0.2, -0.15) is 0 Å². The van der Waals surface area contributed by atoms with Gasteiger partial charge in [0.25, 0.3) is 0 Å². The highest BCUT2D eigenvalue weighted by Crippen LogP contribution is 2.32. The van der Waals surface area contributed by atoms with Crippen molar-refractivity contribution >= 4 is 22.1 Å². The maximum absolute atomic E-state index is 15.1. The van der Waals surface area contributed by atoms with Gasteiger partial charge in [-0.25, -0.2) is 14.4 Å². The summed E-state index contributed by atoms with van der Waals surface area (Å²) in [6, 6.07) is 9.66. The first-order chi connectivity index (χ1) is 15.6. The molecule has 3 aromatic heterocycles. The molecular formula is C24H23FN4O3. The van der Waals surface area contributed by atoms with Gasteiger partial charge in [0.1, 0.15) is 41.5 Å². The molecule has 0 saturated heterocycles. The molecule has 0 aliphatic heterocycles. The number of ether oxygens (including phenoxy) is 3. The summed E-state index contributed by atoms with van der Waals surface area (Å²) in [6.45, 7) is 0.233. The molecule has 0 saturated carbocycles. The molecule has 32 heavy (non-hydrogen) atoms. The molecule has 5 rings (SSSR count). The highest BCUT2D eigenvalue weighted by atomic mass is 19.1. The van der Waals surface area contributed by atoms with Crippen molar-refractivity contribution in [2.75, 3.05) is 14.2 Å². The number of rotatable bonds is 7. The van der Waals surface area contributed by atoms with Crippen LogP contribution < -0.4 is 4.74 Å². The Labute approximate surface area is 183 Å². The number of methoxy groups -OCH3 is 2. The number of aromatic nitrogens is 4. The number of aromatic amines is 2. The molecule has 0 spiro atoms. The number of halogens is 1. The minimum Gasteiger partial charge on any atom is -0.498 e. The molecule has 0 radical (unpaired) electrons. The van der Waals surface area contributed by atoms with E-state index in [1.807, 2.05) is 36.5 Å². The summed E-state index contributed by atoms with van der Waals surface area (Å²) >= 11 is 0. The zero-order valence-electron chi connectivity index (χ0n) is 17.8. The third-order valence-electron chi connectivity index (χ3n) is 5.65. The second-order valence-electron chi connectivity index (χ2n) is 7.65. The smallest absolute Gasteiger partial charge is 0.137 e. The quantitative estimate of drug-likeness (QED) is 0.439. The highest BCUT2D eigenvalue weighted by molar-refractivity contribution is 5.81. The van der Waals surface area contributed by atoms with Crippen LogP contribution in [-0.4, -0.2) is 40.3 Å². The number of nitrogens with zero attached hydrogens (tertiary/aromatic N) is 2. The lowest BCUT2D eigenvalue weighted by molar-refractivity contribution is 0.0211. The van der Waals surface area contributed by atoms with Crippen LogP contribution in [-0.2, 0) is 22.5 Å². The van der Waals surface area contributed by atoms with Crippen LogP contribution in [0.5, 0.6) is 5.75 Å². The van der Waals surface area contributed by atoms with E-state index in [4.69, 9.17) is 14.2 Å². The van der Waals surface area contributed by atoms with Gasteiger partial charge in [0.05, 0.1) is 31.4 Å². The second kappa shape index (κ2) is 8.47. The van der Waals surface area contributed by atoms with Crippen LogP contribution in [0.25, 0.3) is 22.1 Å². The lowest BCUT2D eigenvalue weighted by Gasteiger charge is -2.24. The Hall–Kier alpha value is -3.65. The monoisotopic (exact) mass is 434 g/mol. The van der Waals surface area contributed by atoms with Gasteiger partial charge in [0.2, 0.25) is 0 Å². The average molecular weight is 434 g/mol. The fourth-order valence-electron chi connectivity index (χ4n) is 3.97. The molecule has 3 heterocycles. The van der Waals surface area contributed by atoms with Crippen molar-refractivity contribution in [3.8, 4) is 5.75 Å². The molecule has 0 bridgehead atoms. The fraction of sp³-hybridized carbons (Fsp3) is 0.250. The average Bonchev–Trinajstić information content (AvgIpc) is 3.42. The molecule has 1 aliphatic rings. The summed E-state index contributed by atoms with van der Waals surface area (Å²) < 4.78 is 31.8. The van der Waals surface area contributed by atoms with E-state index in [1.54, 1.807) is 26.5 Å². The van der Waals surface area contributed by atoms with E-state index in [0.717, 1.165) is 27.6 Å². The third-order valence-corrected chi connectivity index (χ3v) is 5.65. The van der Waals surface area contributed by atoms with Gasteiger partial charge in [-0.05, 0) is 35.4 Å². The molecule has 4 aromatic rings. The molecular weight excluding hydrogens is 411 g/mol. The van der Waals surface area contributed by atoms with Crippen LogP contribution in [0.2, 0.25) is 0 Å². The van der Waals surface area contributed by atoms with Gasteiger partial charge in [-0.1, -0.05) is 12.1 Å². The lowest BCUT2D eigenvalue weighted by Crippen LogP contribution is -2.21. The predicted octanol–water partition coefficient (Wildman–Crippen LogP) is 4.73. The van der Waals surface area contributed by atoms with E-state index in [0.29, 0.717) is 29.3 Å². The number of imidazole rings is 1. The van der Waals surface area contributed by atoms with Crippen molar-refractivity contribution in [2.45, 2.75) is 25.6 Å². The first kappa shape index (κ1) is 20.3. The molecule has 2 N–H and O–H groups in total. The first-order valence-corrected chi connectivity index (χ1v) is 10.3. The standard InChI is InChI=1S/C24H23FN4O3/c1-30-16-9-17-15(11-26-24(17)27-12-16)7-14-8-21(31-2)22(10-18(14)25)32-13-23-28-19-5-3-4-6-20(19)29-23/h3-6,8-9,11-12,22H,7,10,13H2,1-2H3,(H,26,27)(H,28,29). The minimum atomic E-state index is -0.512. The van der Waals surface area contributed by atoms with Gasteiger partial charge in [0.15, 0.2) is 0 Å². The van der Waals surface area contributed by atoms with Crippen molar-refractivity contribution in [1.29, 1.82) is 0 Å². The summed E-state index contributed by atoms with van der Waals surface area (Å²) in [5.41, 5.74) is 4.05. The van der Waals surface area contributed by atoms with E-state index in [-0.39, 0.29) is 18.9 Å². The molecule has 1 atom stereocenters. The molecule has 1 aliphatic carbocycles. The zero-order valence-corrected chi connectivity index (χ0v) is 17.8. The molecule has 164 valence electrons. The number of nitrogens with one attached hydrogen (secondary N) is 2. The van der Waals surface area contributed by atoms with Crippen LogP contribution >= 0.6 is 0 Å². The van der Waals surface area contributed by atoms with E-state index in [9.17, 15) is 0 Å². The number of para-hydroxylation sites is 2. The third kappa shape index (κ3) is 3.85. The van der Waals surface area contributed by atoms with Crippen molar-refractivity contribution in [3.05, 3.63) is 77.3 Å². The number of fused-ring (bicyclic) bond motifs is 2. The Morgan fingerprint density at radius 2 is 2.06 bits per heavy atom. The van der Waals surface area contributed by atoms with Crippen molar-refractivity contribution in [1.82, 2.24) is 19.9 Å². The highest BCUT2D eigenvalue weighted by Gasteiger charge is 2.26. The largest absolute Gasteiger partial charge is 0.498 e. The van der Waals surface area contributed by atoms with E-state index in [1.165, 1.54) is 0 Å². The number of hydrogen-bond donors (Lipinski definition) is 2. The van der Waals surface area contributed by atoms with Crippen LogP contribution in [0.4, 0.5) is 4.39 Å². The maximum Gasteiger partial charge on any atom is 0.137 e. The number of hydrogen-bond acceptors (Lipinski definition) is 5. The predicted molar refractivity (Wildman–Crippen MR) is 119 cm³/mol. The number of benzene rings is 1. The number of H-pyrrole nitrogens is 2. The number of allylic oxidation sites excluding steroid dienone is 2. The fourth-order valence-corrected chi connectivity index (χ4v) is 3.97. The molecule has 1 unspecified atom stereocenters. The molecule has 8 heteroatoms.